The summed E-state index contributed by atoms with van der Waals surface area (Å²) >= 11 is 0. The third-order valence-electron chi connectivity index (χ3n) is 2.82. The molecule has 0 bridgehead atoms. The molecule has 2 heterocycles. The fraction of sp³-hybridized carbons (Fsp3) is 0.600. The maximum absolute atomic E-state index is 11.7. The predicted molar refractivity (Wildman–Crippen MR) is 56.5 cm³/mol. The van der Waals surface area contributed by atoms with Crippen molar-refractivity contribution in [1.82, 2.24) is 20.8 Å². The molecule has 2 unspecified atom stereocenters. The average molecular weight is 208 g/mol. The standard InChI is InChI=1S/C10H16N4O/c1-7-8(3-2-5-11-7)13-10(15)9-4-6-12-14-9/h4,6-8,11H,2-3,5H2,1H3,(H,12,14)(H,13,15). The fourth-order valence-electron chi connectivity index (χ4n) is 1.87. The van der Waals surface area contributed by atoms with Crippen LogP contribution in [0, 0.1) is 0 Å². The summed E-state index contributed by atoms with van der Waals surface area (Å²) in [6.07, 6.45) is 3.73. The van der Waals surface area contributed by atoms with E-state index in [1.54, 1.807) is 12.3 Å². The van der Waals surface area contributed by atoms with Crippen LogP contribution in [0.3, 0.4) is 0 Å². The third kappa shape index (κ3) is 2.36. The molecular weight excluding hydrogens is 192 g/mol. The summed E-state index contributed by atoms with van der Waals surface area (Å²) in [6, 6.07) is 2.23. The monoisotopic (exact) mass is 208 g/mol. The van der Waals surface area contributed by atoms with E-state index < -0.39 is 0 Å². The highest BCUT2D eigenvalue weighted by molar-refractivity contribution is 5.92. The van der Waals surface area contributed by atoms with Gasteiger partial charge in [-0.3, -0.25) is 9.89 Å². The van der Waals surface area contributed by atoms with Crippen molar-refractivity contribution in [2.24, 2.45) is 0 Å². The number of nitrogens with one attached hydrogen (secondary N) is 3. The minimum atomic E-state index is -0.0759. The smallest absolute Gasteiger partial charge is 0.269 e. The zero-order chi connectivity index (χ0) is 10.7. The lowest BCUT2D eigenvalue weighted by Gasteiger charge is -2.30. The topological polar surface area (TPSA) is 69.8 Å². The van der Waals surface area contributed by atoms with E-state index in [9.17, 15) is 4.79 Å². The number of hydrogen-bond acceptors (Lipinski definition) is 3. The highest BCUT2D eigenvalue weighted by atomic mass is 16.2. The van der Waals surface area contributed by atoms with Crippen LogP contribution in [0.5, 0.6) is 0 Å². The van der Waals surface area contributed by atoms with Crippen molar-refractivity contribution in [2.45, 2.75) is 31.8 Å². The third-order valence-corrected chi connectivity index (χ3v) is 2.82. The van der Waals surface area contributed by atoms with Crippen molar-refractivity contribution in [3.05, 3.63) is 18.0 Å². The molecule has 15 heavy (non-hydrogen) atoms. The number of aromatic nitrogens is 2. The normalized spacial score (nSPS) is 26.2. The summed E-state index contributed by atoms with van der Waals surface area (Å²) in [5.41, 5.74) is 0.521. The van der Waals surface area contributed by atoms with Crippen molar-refractivity contribution in [3.63, 3.8) is 0 Å². The first-order valence-electron chi connectivity index (χ1n) is 5.31. The number of aromatic amines is 1. The van der Waals surface area contributed by atoms with Crippen molar-refractivity contribution in [3.8, 4) is 0 Å². The molecule has 0 radical (unpaired) electrons. The van der Waals surface area contributed by atoms with Gasteiger partial charge >= 0.3 is 0 Å². The first-order chi connectivity index (χ1) is 7.27. The van der Waals surface area contributed by atoms with Crippen LogP contribution in [0.15, 0.2) is 12.3 Å². The summed E-state index contributed by atoms with van der Waals surface area (Å²) < 4.78 is 0. The van der Waals surface area contributed by atoms with Crippen LogP contribution in [0.1, 0.15) is 30.3 Å². The molecule has 0 aromatic carbocycles. The highest BCUT2D eigenvalue weighted by Crippen LogP contribution is 2.08. The number of hydrogen-bond donors (Lipinski definition) is 3. The average Bonchev–Trinajstić information content (AvgIpc) is 2.74. The molecule has 1 amide bonds. The van der Waals surface area contributed by atoms with Crippen LogP contribution < -0.4 is 10.6 Å². The van der Waals surface area contributed by atoms with Gasteiger partial charge < -0.3 is 10.6 Å². The van der Waals surface area contributed by atoms with Gasteiger partial charge in [-0.25, -0.2) is 0 Å². The molecule has 0 aliphatic carbocycles. The van der Waals surface area contributed by atoms with Crippen LogP contribution in [-0.4, -0.2) is 34.7 Å². The van der Waals surface area contributed by atoms with E-state index in [4.69, 9.17) is 0 Å². The van der Waals surface area contributed by atoms with Crippen molar-refractivity contribution in [2.75, 3.05) is 6.54 Å². The van der Waals surface area contributed by atoms with Gasteiger partial charge in [0.1, 0.15) is 5.69 Å². The molecule has 2 atom stereocenters. The van der Waals surface area contributed by atoms with E-state index in [1.807, 2.05) is 0 Å². The SMILES string of the molecule is CC1NCCCC1NC(=O)c1ccn[nH]1. The quantitative estimate of drug-likeness (QED) is 0.654. The number of carbonyl (C=O) groups is 1. The number of rotatable bonds is 2. The van der Waals surface area contributed by atoms with Crippen molar-refractivity contribution >= 4 is 5.91 Å². The number of H-pyrrole nitrogens is 1. The van der Waals surface area contributed by atoms with Crippen LogP contribution in [-0.2, 0) is 0 Å². The van der Waals surface area contributed by atoms with Gasteiger partial charge in [-0.1, -0.05) is 0 Å². The largest absolute Gasteiger partial charge is 0.346 e. The zero-order valence-corrected chi connectivity index (χ0v) is 8.79. The molecule has 5 heteroatoms. The van der Waals surface area contributed by atoms with Gasteiger partial charge in [0.2, 0.25) is 0 Å². The molecule has 1 aromatic heterocycles. The van der Waals surface area contributed by atoms with Crippen LogP contribution in [0.25, 0.3) is 0 Å². The number of amides is 1. The molecule has 0 saturated carbocycles. The second kappa shape index (κ2) is 4.44. The summed E-state index contributed by atoms with van der Waals surface area (Å²) in [6.45, 7) is 3.13. The maximum Gasteiger partial charge on any atom is 0.269 e. The molecular formula is C10H16N4O. The Morgan fingerprint density at radius 3 is 3.20 bits per heavy atom. The van der Waals surface area contributed by atoms with Crippen LogP contribution >= 0.6 is 0 Å². The van der Waals surface area contributed by atoms with E-state index in [-0.39, 0.29) is 11.9 Å². The summed E-state index contributed by atoms with van der Waals surface area (Å²) in [5.74, 6) is -0.0759. The Labute approximate surface area is 88.6 Å². The molecule has 1 aliphatic rings. The van der Waals surface area contributed by atoms with Crippen molar-refractivity contribution in [1.29, 1.82) is 0 Å². The first kappa shape index (κ1) is 10.2. The Kier molecular flexibility index (Phi) is 3.01. The van der Waals surface area contributed by atoms with E-state index in [0.717, 1.165) is 19.4 Å². The van der Waals surface area contributed by atoms with Gasteiger partial charge in [-0.15, -0.1) is 0 Å². The van der Waals surface area contributed by atoms with Gasteiger partial charge in [0.25, 0.3) is 5.91 Å². The number of piperidine rings is 1. The lowest BCUT2D eigenvalue weighted by molar-refractivity contribution is 0.0914. The molecule has 0 spiro atoms. The van der Waals surface area contributed by atoms with E-state index in [1.165, 1.54) is 0 Å². The van der Waals surface area contributed by atoms with Gasteiger partial charge in [0.05, 0.1) is 0 Å². The van der Waals surface area contributed by atoms with E-state index >= 15 is 0 Å². The Morgan fingerprint density at radius 1 is 1.67 bits per heavy atom. The lowest BCUT2D eigenvalue weighted by Crippen LogP contribution is -2.51. The molecule has 3 N–H and O–H groups in total. The number of carbonyl (C=O) groups excluding carboxylic acids is 1. The van der Waals surface area contributed by atoms with Crippen LogP contribution in [0.4, 0.5) is 0 Å². The minimum absolute atomic E-state index is 0.0759. The lowest BCUT2D eigenvalue weighted by atomic mass is 10.00. The predicted octanol–water partition coefficient (Wildman–Crippen LogP) is 0.280. The molecule has 2 rings (SSSR count). The van der Waals surface area contributed by atoms with Crippen molar-refractivity contribution < 1.29 is 4.79 Å². The summed E-state index contributed by atoms with van der Waals surface area (Å²) in [7, 11) is 0. The molecule has 1 aliphatic heterocycles. The minimum Gasteiger partial charge on any atom is -0.346 e. The Hall–Kier alpha value is -1.36. The molecule has 1 fully saturated rings. The molecule has 1 saturated heterocycles. The van der Waals surface area contributed by atoms with Gasteiger partial charge in [0, 0.05) is 18.3 Å². The summed E-state index contributed by atoms with van der Waals surface area (Å²) in [4.78, 5) is 11.7. The molecule has 82 valence electrons. The van der Waals surface area contributed by atoms with E-state index in [2.05, 4.69) is 27.8 Å². The van der Waals surface area contributed by atoms with E-state index in [0.29, 0.717) is 11.7 Å². The second-order valence-electron chi connectivity index (χ2n) is 3.94. The Balaban J connectivity index is 1.93. The highest BCUT2D eigenvalue weighted by Gasteiger charge is 2.22. The number of nitrogens with zero attached hydrogens (tertiary/aromatic N) is 1. The second-order valence-corrected chi connectivity index (χ2v) is 3.94. The molecule has 1 aromatic rings. The summed E-state index contributed by atoms with van der Waals surface area (Å²) in [5, 5.41) is 12.8. The fourth-order valence-corrected chi connectivity index (χ4v) is 1.87. The van der Waals surface area contributed by atoms with Gasteiger partial charge in [-0.2, -0.15) is 5.10 Å². The molecule has 5 nitrogen and oxygen atoms in total. The van der Waals surface area contributed by atoms with Gasteiger partial charge in [-0.05, 0) is 32.4 Å². The maximum atomic E-state index is 11.7. The Morgan fingerprint density at radius 2 is 2.53 bits per heavy atom. The van der Waals surface area contributed by atoms with Crippen LogP contribution in [0.2, 0.25) is 0 Å². The van der Waals surface area contributed by atoms with Gasteiger partial charge in [0.15, 0.2) is 0 Å². The first-order valence-corrected chi connectivity index (χ1v) is 5.31. The zero-order valence-electron chi connectivity index (χ0n) is 8.79. The Bertz CT molecular complexity index is 322.